The minimum absolute atomic E-state index is 0.0000500. The third-order valence-corrected chi connectivity index (χ3v) is 12.8. The summed E-state index contributed by atoms with van der Waals surface area (Å²) in [7, 11) is 0. The van der Waals surface area contributed by atoms with E-state index in [9.17, 15) is 35.1 Å². The van der Waals surface area contributed by atoms with E-state index in [1.807, 2.05) is 0 Å². The Bertz CT molecular complexity index is 1010. The van der Waals surface area contributed by atoms with Crippen molar-refractivity contribution in [2.75, 3.05) is 13.1 Å². The molecule has 1 heterocycles. The van der Waals surface area contributed by atoms with Crippen molar-refractivity contribution in [2.24, 2.45) is 46.3 Å². The first-order valence-electron chi connectivity index (χ1n) is 16.5. The van der Waals surface area contributed by atoms with Crippen LogP contribution in [0.4, 0.5) is 0 Å². The molecule has 0 bridgehead atoms. The molecule has 5 rings (SSSR count). The van der Waals surface area contributed by atoms with Gasteiger partial charge in [0.25, 0.3) is 0 Å². The van der Waals surface area contributed by atoms with Crippen LogP contribution >= 0.6 is 0 Å². The molecule has 7 N–H and O–H groups in total. The quantitative estimate of drug-likeness (QED) is 0.141. The number of aliphatic hydroxyl groups excluding tert-OH is 4. The summed E-state index contributed by atoms with van der Waals surface area (Å²) in [5, 5.41) is 63.6. The predicted molar refractivity (Wildman–Crippen MR) is 155 cm³/mol. The van der Waals surface area contributed by atoms with Crippen molar-refractivity contribution in [2.45, 2.75) is 128 Å². The molecule has 0 aromatic heterocycles. The Balaban J connectivity index is 1.21. The largest absolute Gasteiger partial charge is 0.480 e. The van der Waals surface area contributed by atoms with Gasteiger partial charge in [-0.25, -0.2) is 4.79 Å². The van der Waals surface area contributed by atoms with E-state index in [1.165, 1.54) is 6.42 Å². The third kappa shape index (κ3) is 6.12. The van der Waals surface area contributed by atoms with Gasteiger partial charge >= 0.3 is 11.9 Å². The number of carboxylic acids is 2. The highest BCUT2D eigenvalue weighted by Crippen LogP contribution is 2.68. The normalized spacial score (nSPS) is 48.5. The van der Waals surface area contributed by atoms with E-state index in [0.717, 1.165) is 38.5 Å². The van der Waals surface area contributed by atoms with Crippen molar-refractivity contribution < 1.29 is 49.7 Å². The maximum Gasteiger partial charge on any atom is 0.335 e. The summed E-state index contributed by atoms with van der Waals surface area (Å²) >= 11 is 0. The summed E-state index contributed by atoms with van der Waals surface area (Å²) in [5.74, 6) is 0.279. The first-order chi connectivity index (χ1) is 20.3. The maximum absolute atomic E-state index is 11.7. The fraction of sp³-hybridized carbons (Fsp3) is 0.938. The molecule has 0 aromatic carbocycles. The summed E-state index contributed by atoms with van der Waals surface area (Å²) in [6.45, 7) is 7.91. The number of hydrogen-bond donors (Lipinski definition) is 7. The molecule has 43 heavy (non-hydrogen) atoms. The Morgan fingerprint density at radius 1 is 0.930 bits per heavy atom. The first kappa shape index (κ1) is 33.0. The minimum atomic E-state index is -1.75. The summed E-state index contributed by atoms with van der Waals surface area (Å²) in [6.07, 6.45) is 0.825. The van der Waals surface area contributed by atoms with E-state index in [1.54, 1.807) is 0 Å². The highest BCUT2D eigenvalue weighted by atomic mass is 16.7. The van der Waals surface area contributed by atoms with Crippen molar-refractivity contribution in [3.63, 3.8) is 0 Å². The number of nitrogens with one attached hydrogen (secondary N) is 1. The zero-order valence-corrected chi connectivity index (χ0v) is 25.8. The number of fused-ring (bicyclic) bond motifs is 5. The SMILES string of the molecule is C[C@H](CCCNCC(=O)O)[C@H]1CC[C@H]2[C@@H]3[C@H](O)C[C@@H]4C[C@H](O[C@@H]5O[C@H](C(=O)O)[C@@H](O)[C@H](O)[C@H]5O)CC[C@]4(C)[C@H]3CC[C@]12C. The van der Waals surface area contributed by atoms with Gasteiger partial charge in [0.1, 0.15) is 18.3 Å². The van der Waals surface area contributed by atoms with Gasteiger partial charge in [0, 0.05) is 0 Å². The average molecular weight is 612 g/mol. The average Bonchev–Trinajstić information content (AvgIpc) is 3.30. The molecule has 0 aromatic rings. The van der Waals surface area contributed by atoms with Crippen LogP contribution in [0, 0.1) is 46.3 Å². The summed E-state index contributed by atoms with van der Waals surface area (Å²) in [4.78, 5) is 22.3. The van der Waals surface area contributed by atoms with Crippen LogP contribution in [0.15, 0.2) is 0 Å². The molecule has 0 amide bonds. The van der Waals surface area contributed by atoms with Crippen molar-refractivity contribution >= 4 is 11.9 Å². The van der Waals surface area contributed by atoms with Gasteiger partial charge in [-0.3, -0.25) is 4.79 Å². The molecule has 5 fully saturated rings. The van der Waals surface area contributed by atoms with Crippen LogP contribution in [0.3, 0.4) is 0 Å². The summed E-state index contributed by atoms with van der Waals surface area (Å²) in [5.41, 5.74) is 0.246. The summed E-state index contributed by atoms with van der Waals surface area (Å²) in [6, 6.07) is 0. The van der Waals surface area contributed by atoms with Crippen molar-refractivity contribution in [3.05, 3.63) is 0 Å². The van der Waals surface area contributed by atoms with Crippen molar-refractivity contribution in [1.82, 2.24) is 5.32 Å². The van der Waals surface area contributed by atoms with Crippen LogP contribution in [0.2, 0.25) is 0 Å². The summed E-state index contributed by atoms with van der Waals surface area (Å²) < 4.78 is 11.5. The van der Waals surface area contributed by atoms with Gasteiger partial charge in [-0.15, -0.1) is 0 Å². The molecule has 246 valence electrons. The lowest BCUT2D eigenvalue weighted by Crippen LogP contribution is -2.61. The van der Waals surface area contributed by atoms with E-state index in [4.69, 9.17) is 14.6 Å². The molecule has 1 aliphatic heterocycles. The Hall–Kier alpha value is -1.34. The molecule has 1 saturated heterocycles. The third-order valence-electron chi connectivity index (χ3n) is 12.8. The van der Waals surface area contributed by atoms with Gasteiger partial charge in [-0.1, -0.05) is 20.8 Å². The first-order valence-corrected chi connectivity index (χ1v) is 16.5. The fourth-order valence-corrected chi connectivity index (χ4v) is 10.6. The lowest BCUT2D eigenvalue weighted by Gasteiger charge is -2.62. The van der Waals surface area contributed by atoms with Gasteiger partial charge in [0.15, 0.2) is 12.4 Å². The molecule has 0 unspecified atom stereocenters. The molecule has 4 aliphatic carbocycles. The zero-order chi connectivity index (χ0) is 31.3. The van der Waals surface area contributed by atoms with Crippen LogP contribution in [0.1, 0.15) is 85.0 Å². The monoisotopic (exact) mass is 611 g/mol. The number of hydrogen-bond acceptors (Lipinski definition) is 9. The molecule has 11 heteroatoms. The Morgan fingerprint density at radius 3 is 2.33 bits per heavy atom. The number of aliphatic hydroxyl groups is 4. The molecule has 15 atom stereocenters. The van der Waals surface area contributed by atoms with Gasteiger partial charge in [-0.05, 0) is 117 Å². The van der Waals surface area contributed by atoms with Gasteiger partial charge in [-0.2, -0.15) is 0 Å². The predicted octanol–water partition coefficient (Wildman–Crippen LogP) is 1.98. The molecule has 4 saturated carbocycles. The molecule has 11 nitrogen and oxygen atoms in total. The number of ether oxygens (including phenoxy) is 2. The van der Waals surface area contributed by atoms with Crippen LogP contribution in [-0.2, 0) is 19.1 Å². The topological polar surface area (TPSA) is 186 Å². The van der Waals surface area contributed by atoms with E-state index in [0.29, 0.717) is 49.5 Å². The fourth-order valence-electron chi connectivity index (χ4n) is 10.6. The van der Waals surface area contributed by atoms with E-state index in [2.05, 4.69) is 26.1 Å². The van der Waals surface area contributed by atoms with Crippen LogP contribution < -0.4 is 5.32 Å². The van der Waals surface area contributed by atoms with E-state index >= 15 is 0 Å². The van der Waals surface area contributed by atoms with Crippen molar-refractivity contribution in [1.29, 1.82) is 0 Å². The number of rotatable bonds is 10. The molecule has 0 radical (unpaired) electrons. The highest BCUT2D eigenvalue weighted by Gasteiger charge is 2.63. The molecule has 5 aliphatic rings. The second-order valence-corrected chi connectivity index (χ2v) is 15.0. The maximum atomic E-state index is 11.7. The lowest BCUT2D eigenvalue weighted by atomic mass is 9.43. The van der Waals surface area contributed by atoms with Gasteiger partial charge in [0.2, 0.25) is 0 Å². The minimum Gasteiger partial charge on any atom is -0.480 e. The van der Waals surface area contributed by atoms with Crippen LogP contribution in [-0.4, -0.2) is 98.6 Å². The van der Waals surface area contributed by atoms with Gasteiger partial charge in [0.05, 0.1) is 18.8 Å². The van der Waals surface area contributed by atoms with Crippen LogP contribution in [0.25, 0.3) is 0 Å². The standard InChI is InChI=1S/C32H53NO10/c1-16(5-4-12-33-15-23(35)36)19-6-7-20-24-21(9-11-32(19,20)3)31(2)10-8-18(13-17(31)14-22(24)34)42-30-27(39)25(37)26(38)28(43-30)29(40)41/h16-22,24-28,30,33-34,37-39H,4-15H2,1-3H3,(H,35,36)(H,40,41)/t16-,17+,18-,19-,20+,21+,22-,24+,25+,26+,27-,28+,30-,31+,32-/m1/s1. The van der Waals surface area contributed by atoms with E-state index < -0.39 is 48.7 Å². The molecular weight excluding hydrogens is 558 g/mol. The Labute approximate surface area is 254 Å². The highest BCUT2D eigenvalue weighted by molar-refractivity contribution is 5.73. The molecular formula is C32H53NO10. The molecule has 0 spiro atoms. The second kappa shape index (κ2) is 12.8. The van der Waals surface area contributed by atoms with E-state index in [-0.39, 0.29) is 35.3 Å². The van der Waals surface area contributed by atoms with Crippen molar-refractivity contribution in [3.8, 4) is 0 Å². The van der Waals surface area contributed by atoms with Gasteiger partial charge < -0.3 is 45.4 Å². The zero-order valence-electron chi connectivity index (χ0n) is 25.8. The smallest absolute Gasteiger partial charge is 0.335 e. The van der Waals surface area contributed by atoms with Crippen LogP contribution in [0.5, 0.6) is 0 Å². The second-order valence-electron chi connectivity index (χ2n) is 15.0. The number of carbonyl (C=O) groups is 2. The number of aliphatic carboxylic acids is 2. The Kier molecular flexibility index (Phi) is 9.84. The number of carboxylic acid groups (broad SMARTS) is 2. The Morgan fingerprint density at radius 2 is 1.63 bits per heavy atom. The lowest BCUT2D eigenvalue weighted by molar-refractivity contribution is -0.310.